The van der Waals surface area contributed by atoms with Crippen molar-refractivity contribution in [1.29, 1.82) is 0 Å². The van der Waals surface area contributed by atoms with Crippen molar-refractivity contribution in [3.05, 3.63) is 23.3 Å². The van der Waals surface area contributed by atoms with Crippen LogP contribution in [0.4, 0.5) is 0 Å². The molecule has 0 aromatic heterocycles. The van der Waals surface area contributed by atoms with Crippen molar-refractivity contribution >= 4 is 0 Å². The number of rotatable bonds is 8. The normalized spacial score (nSPS) is 16.9. The Bertz CT molecular complexity index is 457. The first-order chi connectivity index (χ1) is 9.86. The Hall–Kier alpha value is -1.26. The van der Waals surface area contributed by atoms with E-state index in [4.69, 9.17) is 14.2 Å². The van der Waals surface area contributed by atoms with Gasteiger partial charge in [0.05, 0.1) is 13.2 Å². The summed E-state index contributed by atoms with van der Waals surface area (Å²) in [5.74, 6) is 1.83. The molecule has 1 aliphatic carbocycles. The second-order valence-electron chi connectivity index (χ2n) is 5.53. The molecular formula is C16H23NO3. The van der Waals surface area contributed by atoms with Gasteiger partial charge in [0.15, 0.2) is 11.5 Å². The SMILES string of the molecule is COCCCOc1cc(CNC2CC2)cc2c1OCC2. The van der Waals surface area contributed by atoms with E-state index >= 15 is 0 Å². The lowest BCUT2D eigenvalue weighted by atomic mass is 10.1. The van der Waals surface area contributed by atoms with Crippen LogP contribution in [0.2, 0.25) is 0 Å². The fourth-order valence-electron chi connectivity index (χ4n) is 2.48. The summed E-state index contributed by atoms with van der Waals surface area (Å²) in [7, 11) is 1.71. The van der Waals surface area contributed by atoms with Crippen LogP contribution in [0.5, 0.6) is 11.5 Å². The summed E-state index contributed by atoms with van der Waals surface area (Å²) >= 11 is 0. The number of hydrogen-bond donors (Lipinski definition) is 1. The van der Waals surface area contributed by atoms with Gasteiger partial charge in [0.25, 0.3) is 0 Å². The molecule has 3 rings (SSSR count). The Morgan fingerprint density at radius 1 is 1.30 bits per heavy atom. The van der Waals surface area contributed by atoms with Crippen LogP contribution in [0.3, 0.4) is 0 Å². The quantitative estimate of drug-likeness (QED) is 0.740. The van der Waals surface area contributed by atoms with Crippen LogP contribution in [-0.2, 0) is 17.7 Å². The van der Waals surface area contributed by atoms with Gasteiger partial charge in [-0.2, -0.15) is 0 Å². The highest BCUT2D eigenvalue weighted by atomic mass is 16.5. The molecule has 1 aromatic rings. The van der Waals surface area contributed by atoms with Gasteiger partial charge in [-0.3, -0.25) is 0 Å². The molecule has 110 valence electrons. The molecule has 0 unspecified atom stereocenters. The Morgan fingerprint density at radius 2 is 2.20 bits per heavy atom. The van der Waals surface area contributed by atoms with Gasteiger partial charge in [-0.05, 0) is 24.5 Å². The van der Waals surface area contributed by atoms with Crippen LogP contribution in [0.15, 0.2) is 12.1 Å². The van der Waals surface area contributed by atoms with E-state index in [1.54, 1.807) is 7.11 Å². The van der Waals surface area contributed by atoms with E-state index in [0.717, 1.165) is 50.1 Å². The van der Waals surface area contributed by atoms with Gasteiger partial charge < -0.3 is 19.5 Å². The van der Waals surface area contributed by atoms with Gasteiger partial charge >= 0.3 is 0 Å². The van der Waals surface area contributed by atoms with Crippen molar-refractivity contribution in [1.82, 2.24) is 5.32 Å². The highest BCUT2D eigenvalue weighted by Gasteiger charge is 2.22. The lowest BCUT2D eigenvalue weighted by molar-refractivity contribution is 0.170. The molecule has 1 heterocycles. The van der Waals surface area contributed by atoms with E-state index in [0.29, 0.717) is 6.61 Å². The van der Waals surface area contributed by atoms with E-state index in [9.17, 15) is 0 Å². The maximum atomic E-state index is 5.88. The molecule has 0 bridgehead atoms. The summed E-state index contributed by atoms with van der Waals surface area (Å²) in [5.41, 5.74) is 2.57. The molecule has 20 heavy (non-hydrogen) atoms. The highest BCUT2D eigenvalue weighted by Crippen LogP contribution is 2.37. The maximum absolute atomic E-state index is 5.88. The van der Waals surface area contributed by atoms with Crippen molar-refractivity contribution in [3.63, 3.8) is 0 Å². The minimum Gasteiger partial charge on any atom is -0.490 e. The Labute approximate surface area is 120 Å². The second-order valence-corrected chi connectivity index (χ2v) is 5.53. The first kappa shape index (κ1) is 13.7. The van der Waals surface area contributed by atoms with Crippen molar-refractivity contribution in [2.24, 2.45) is 0 Å². The largest absolute Gasteiger partial charge is 0.490 e. The third-order valence-electron chi connectivity index (χ3n) is 3.73. The van der Waals surface area contributed by atoms with Crippen molar-refractivity contribution in [2.45, 2.75) is 38.3 Å². The maximum Gasteiger partial charge on any atom is 0.164 e. The molecule has 1 aliphatic heterocycles. The van der Waals surface area contributed by atoms with Gasteiger partial charge in [-0.1, -0.05) is 6.07 Å². The monoisotopic (exact) mass is 277 g/mol. The van der Waals surface area contributed by atoms with Crippen LogP contribution in [0.1, 0.15) is 30.4 Å². The smallest absolute Gasteiger partial charge is 0.164 e. The third-order valence-corrected chi connectivity index (χ3v) is 3.73. The molecular weight excluding hydrogens is 254 g/mol. The van der Waals surface area contributed by atoms with Gasteiger partial charge in [-0.25, -0.2) is 0 Å². The number of hydrogen-bond acceptors (Lipinski definition) is 4. The second kappa shape index (κ2) is 6.46. The zero-order valence-corrected chi connectivity index (χ0v) is 12.1. The van der Waals surface area contributed by atoms with Gasteiger partial charge in [0.1, 0.15) is 0 Å². The summed E-state index contributed by atoms with van der Waals surface area (Å²) < 4.78 is 16.6. The summed E-state index contributed by atoms with van der Waals surface area (Å²) in [6.45, 7) is 3.09. The van der Waals surface area contributed by atoms with Crippen LogP contribution >= 0.6 is 0 Å². The van der Waals surface area contributed by atoms with Crippen LogP contribution in [-0.4, -0.2) is 33.0 Å². The summed E-state index contributed by atoms with van der Waals surface area (Å²) in [6.07, 6.45) is 4.51. The Balaban J connectivity index is 1.65. The number of benzene rings is 1. The predicted octanol–water partition coefficient (Wildman–Crippen LogP) is 2.29. The van der Waals surface area contributed by atoms with E-state index in [1.165, 1.54) is 24.0 Å². The third kappa shape index (κ3) is 3.44. The van der Waals surface area contributed by atoms with Crippen molar-refractivity contribution in [3.8, 4) is 11.5 Å². The summed E-state index contributed by atoms with van der Waals surface area (Å²) in [4.78, 5) is 0. The highest BCUT2D eigenvalue weighted by molar-refractivity contribution is 5.51. The molecule has 1 N–H and O–H groups in total. The van der Waals surface area contributed by atoms with Gasteiger partial charge in [0.2, 0.25) is 0 Å². The standard InChI is InChI=1S/C16H23NO3/c1-18-6-2-7-19-15-10-12(11-17-14-3-4-14)9-13-5-8-20-16(13)15/h9-10,14,17H,2-8,11H2,1H3. The molecule has 0 radical (unpaired) electrons. The van der Waals surface area contributed by atoms with E-state index < -0.39 is 0 Å². The molecule has 1 fully saturated rings. The molecule has 2 aliphatic rings. The molecule has 1 aromatic carbocycles. The number of fused-ring (bicyclic) bond motifs is 1. The van der Waals surface area contributed by atoms with Crippen LogP contribution in [0, 0.1) is 0 Å². The molecule has 4 heteroatoms. The van der Waals surface area contributed by atoms with E-state index in [1.807, 2.05) is 0 Å². The number of nitrogens with one attached hydrogen (secondary N) is 1. The van der Waals surface area contributed by atoms with Gasteiger partial charge in [0, 0.05) is 44.7 Å². The van der Waals surface area contributed by atoms with E-state index in [2.05, 4.69) is 17.4 Å². The van der Waals surface area contributed by atoms with Gasteiger partial charge in [-0.15, -0.1) is 0 Å². The average Bonchev–Trinajstić information content (AvgIpc) is 3.17. The molecule has 4 nitrogen and oxygen atoms in total. The lowest BCUT2D eigenvalue weighted by Crippen LogP contribution is -2.15. The fraction of sp³-hybridized carbons (Fsp3) is 0.625. The first-order valence-electron chi connectivity index (χ1n) is 7.50. The zero-order valence-electron chi connectivity index (χ0n) is 12.1. The molecule has 0 spiro atoms. The number of ether oxygens (including phenoxy) is 3. The fourth-order valence-corrected chi connectivity index (χ4v) is 2.48. The van der Waals surface area contributed by atoms with Crippen molar-refractivity contribution < 1.29 is 14.2 Å². The first-order valence-corrected chi connectivity index (χ1v) is 7.50. The Morgan fingerprint density at radius 3 is 3.00 bits per heavy atom. The summed E-state index contributed by atoms with van der Waals surface area (Å²) in [5, 5.41) is 3.55. The number of methoxy groups -OCH3 is 1. The van der Waals surface area contributed by atoms with Crippen molar-refractivity contribution in [2.75, 3.05) is 26.9 Å². The van der Waals surface area contributed by atoms with Crippen LogP contribution < -0.4 is 14.8 Å². The lowest BCUT2D eigenvalue weighted by Gasteiger charge is -2.13. The Kier molecular flexibility index (Phi) is 4.43. The molecule has 0 saturated heterocycles. The summed E-state index contributed by atoms with van der Waals surface area (Å²) in [6, 6.07) is 5.09. The zero-order chi connectivity index (χ0) is 13.8. The van der Waals surface area contributed by atoms with Crippen LogP contribution in [0.25, 0.3) is 0 Å². The van der Waals surface area contributed by atoms with E-state index in [-0.39, 0.29) is 0 Å². The predicted molar refractivity (Wildman–Crippen MR) is 77.5 cm³/mol. The molecule has 0 atom stereocenters. The average molecular weight is 277 g/mol. The molecule has 0 amide bonds. The topological polar surface area (TPSA) is 39.7 Å². The minimum atomic E-state index is 0.670. The minimum absolute atomic E-state index is 0.670. The molecule has 1 saturated carbocycles.